The number of anilines is 1. The first kappa shape index (κ1) is 18.6. The first-order valence-electron chi connectivity index (χ1n) is 8.60. The fraction of sp³-hybridized carbons (Fsp3) is 0.105. The Morgan fingerprint density at radius 2 is 1.93 bits per heavy atom. The van der Waals surface area contributed by atoms with E-state index in [4.69, 9.17) is 17.3 Å². The molecule has 146 valence electrons. The molecule has 0 aliphatic carbocycles. The molecule has 0 saturated carbocycles. The number of carbonyl (C=O) groups excluding carboxylic acids is 1. The maximum absolute atomic E-state index is 12.2. The first-order chi connectivity index (χ1) is 13.9. The highest BCUT2D eigenvalue weighted by Gasteiger charge is 2.36. The highest BCUT2D eigenvalue weighted by atomic mass is 35.5. The van der Waals surface area contributed by atoms with Crippen molar-refractivity contribution in [1.82, 2.24) is 14.8 Å². The molecule has 9 nitrogen and oxygen atoms in total. The summed E-state index contributed by atoms with van der Waals surface area (Å²) < 4.78 is 1.44. The molecule has 1 atom stereocenters. The van der Waals surface area contributed by atoms with Gasteiger partial charge >= 0.3 is 0 Å². The normalized spacial score (nSPS) is 15.6. The zero-order valence-corrected chi connectivity index (χ0v) is 15.9. The van der Waals surface area contributed by atoms with Gasteiger partial charge in [-0.2, -0.15) is 4.98 Å². The Labute approximate surface area is 170 Å². The van der Waals surface area contributed by atoms with Crippen LogP contribution >= 0.6 is 11.6 Å². The molecule has 1 unspecified atom stereocenters. The van der Waals surface area contributed by atoms with E-state index in [-0.39, 0.29) is 11.3 Å². The lowest BCUT2D eigenvalue weighted by Crippen LogP contribution is -2.32. The number of hydrogen-bond donors (Lipinski definition) is 2. The Kier molecular flexibility index (Phi) is 4.51. The summed E-state index contributed by atoms with van der Waals surface area (Å²) in [5.41, 5.74) is 7.12. The number of hydrogen-bond acceptors (Lipinski definition) is 6. The molecular weight excluding hydrogens is 396 g/mol. The molecule has 1 aliphatic heterocycles. The van der Waals surface area contributed by atoms with Crippen LogP contribution in [0.4, 0.5) is 11.6 Å². The van der Waals surface area contributed by atoms with Gasteiger partial charge in [-0.15, -0.1) is 5.10 Å². The van der Waals surface area contributed by atoms with Gasteiger partial charge in [0, 0.05) is 22.3 Å². The summed E-state index contributed by atoms with van der Waals surface area (Å²) in [6.07, 6.45) is 0. The average molecular weight is 411 g/mol. The summed E-state index contributed by atoms with van der Waals surface area (Å²) in [6.45, 7) is 1.67. The zero-order valence-electron chi connectivity index (χ0n) is 15.2. The number of amides is 1. The fourth-order valence-corrected chi connectivity index (χ4v) is 3.49. The summed E-state index contributed by atoms with van der Waals surface area (Å²) in [5.74, 6) is 0.0271. The number of nitro groups is 1. The number of nitrogens with one attached hydrogen (secondary N) is 1. The summed E-state index contributed by atoms with van der Waals surface area (Å²) in [6, 6.07) is 12.2. The number of rotatable bonds is 4. The molecule has 2 heterocycles. The summed E-state index contributed by atoms with van der Waals surface area (Å²) in [7, 11) is 0. The molecule has 0 fully saturated rings. The van der Waals surface area contributed by atoms with Crippen LogP contribution in [0.5, 0.6) is 0 Å². The second-order valence-corrected chi connectivity index (χ2v) is 6.89. The van der Waals surface area contributed by atoms with Gasteiger partial charge in [0.2, 0.25) is 11.9 Å². The number of carbonyl (C=O) groups is 1. The highest BCUT2D eigenvalue weighted by Crippen LogP contribution is 2.39. The molecule has 0 spiro atoms. The van der Waals surface area contributed by atoms with Crippen LogP contribution in [0.25, 0.3) is 11.4 Å². The van der Waals surface area contributed by atoms with E-state index in [2.05, 4.69) is 15.4 Å². The second kappa shape index (κ2) is 7.02. The molecule has 2 aromatic carbocycles. The van der Waals surface area contributed by atoms with Gasteiger partial charge in [0.25, 0.3) is 5.69 Å². The van der Waals surface area contributed by atoms with Crippen LogP contribution < -0.4 is 11.1 Å². The van der Waals surface area contributed by atoms with E-state index >= 15 is 0 Å². The van der Waals surface area contributed by atoms with E-state index in [0.29, 0.717) is 33.6 Å². The fourth-order valence-electron chi connectivity index (χ4n) is 3.36. The SMILES string of the molecule is CC1=C(C(N)=O)C(c2ccccc2[N+](=O)[O-])n2nc(-c3ccc(Cl)cc3)nc2N1. The molecule has 1 aromatic heterocycles. The summed E-state index contributed by atoms with van der Waals surface area (Å²) in [4.78, 5) is 27.8. The molecule has 1 amide bonds. The average Bonchev–Trinajstić information content (AvgIpc) is 3.10. The largest absolute Gasteiger partial charge is 0.366 e. The third-order valence-corrected chi connectivity index (χ3v) is 4.90. The van der Waals surface area contributed by atoms with E-state index in [0.717, 1.165) is 0 Å². The zero-order chi connectivity index (χ0) is 20.7. The number of fused-ring (bicyclic) bond motifs is 1. The van der Waals surface area contributed by atoms with E-state index in [1.807, 2.05) is 0 Å². The maximum Gasteiger partial charge on any atom is 0.275 e. The molecule has 0 bridgehead atoms. The number of nitro benzene ring substituents is 1. The van der Waals surface area contributed by atoms with E-state index < -0.39 is 16.9 Å². The molecule has 3 aromatic rings. The van der Waals surface area contributed by atoms with Crippen LogP contribution in [0.15, 0.2) is 59.8 Å². The predicted molar refractivity (Wildman–Crippen MR) is 107 cm³/mol. The van der Waals surface area contributed by atoms with Gasteiger partial charge in [-0.3, -0.25) is 14.9 Å². The molecular formula is C19H15ClN6O3. The summed E-state index contributed by atoms with van der Waals surface area (Å²) in [5, 5.41) is 19.7. The lowest BCUT2D eigenvalue weighted by atomic mass is 9.94. The van der Waals surface area contributed by atoms with E-state index in [1.54, 1.807) is 49.4 Å². The van der Waals surface area contributed by atoms with Crippen molar-refractivity contribution >= 4 is 29.1 Å². The minimum atomic E-state index is -0.890. The van der Waals surface area contributed by atoms with Crippen molar-refractivity contribution in [3.63, 3.8) is 0 Å². The van der Waals surface area contributed by atoms with Crippen LogP contribution in [0, 0.1) is 10.1 Å². The quantitative estimate of drug-likeness (QED) is 0.501. The topological polar surface area (TPSA) is 129 Å². The number of aromatic nitrogens is 3. The Morgan fingerprint density at radius 3 is 2.59 bits per heavy atom. The van der Waals surface area contributed by atoms with Gasteiger partial charge in [-0.25, -0.2) is 4.68 Å². The minimum absolute atomic E-state index is 0.138. The Hall–Kier alpha value is -3.72. The third kappa shape index (κ3) is 3.21. The molecule has 3 N–H and O–H groups in total. The number of allylic oxidation sites excluding steroid dienone is 1. The lowest BCUT2D eigenvalue weighted by molar-refractivity contribution is -0.385. The third-order valence-electron chi connectivity index (χ3n) is 4.65. The molecule has 1 aliphatic rings. The van der Waals surface area contributed by atoms with Crippen LogP contribution in [0.3, 0.4) is 0 Å². The van der Waals surface area contributed by atoms with Gasteiger partial charge in [0.15, 0.2) is 5.82 Å². The number of para-hydroxylation sites is 1. The van der Waals surface area contributed by atoms with Gasteiger partial charge in [-0.05, 0) is 37.3 Å². The molecule has 0 saturated heterocycles. The van der Waals surface area contributed by atoms with Gasteiger partial charge < -0.3 is 11.1 Å². The Bertz CT molecular complexity index is 1170. The number of halogens is 1. The molecule has 4 rings (SSSR count). The number of benzene rings is 2. The van der Waals surface area contributed by atoms with E-state index in [9.17, 15) is 14.9 Å². The van der Waals surface area contributed by atoms with Crippen molar-refractivity contribution in [2.45, 2.75) is 13.0 Å². The predicted octanol–water partition coefficient (Wildman–Crippen LogP) is 3.28. The first-order valence-corrected chi connectivity index (χ1v) is 8.98. The Balaban J connectivity index is 1.93. The van der Waals surface area contributed by atoms with Crippen LogP contribution in [-0.2, 0) is 4.79 Å². The van der Waals surface area contributed by atoms with Gasteiger partial charge in [0.1, 0.15) is 6.04 Å². The monoisotopic (exact) mass is 410 g/mol. The minimum Gasteiger partial charge on any atom is -0.366 e. The van der Waals surface area contributed by atoms with Crippen LogP contribution in [0.1, 0.15) is 18.5 Å². The van der Waals surface area contributed by atoms with Crippen molar-refractivity contribution < 1.29 is 9.72 Å². The molecule has 0 radical (unpaired) electrons. The van der Waals surface area contributed by atoms with Crippen molar-refractivity contribution in [3.05, 3.63) is 80.5 Å². The summed E-state index contributed by atoms with van der Waals surface area (Å²) >= 11 is 5.94. The van der Waals surface area contributed by atoms with Crippen LogP contribution in [0.2, 0.25) is 5.02 Å². The van der Waals surface area contributed by atoms with Crippen molar-refractivity contribution in [2.75, 3.05) is 5.32 Å². The molecule has 29 heavy (non-hydrogen) atoms. The molecule has 10 heteroatoms. The lowest BCUT2D eigenvalue weighted by Gasteiger charge is -2.27. The smallest absolute Gasteiger partial charge is 0.275 e. The van der Waals surface area contributed by atoms with E-state index in [1.165, 1.54) is 10.7 Å². The number of nitrogens with two attached hydrogens (primary N) is 1. The standard InChI is InChI=1S/C19H15ClN6O3/c1-10-15(17(21)27)16(13-4-2-3-5-14(13)26(28)29)25-19(22-10)23-18(24-25)11-6-8-12(20)9-7-11/h2-9,16H,1H3,(H2,21,27)(H,22,23,24). The highest BCUT2D eigenvalue weighted by molar-refractivity contribution is 6.30. The second-order valence-electron chi connectivity index (χ2n) is 6.46. The number of primary amides is 1. The van der Waals surface area contributed by atoms with Gasteiger partial charge in [0.05, 0.1) is 16.1 Å². The van der Waals surface area contributed by atoms with Crippen molar-refractivity contribution in [3.8, 4) is 11.4 Å². The number of nitrogens with zero attached hydrogens (tertiary/aromatic N) is 4. The maximum atomic E-state index is 12.2. The van der Waals surface area contributed by atoms with Crippen molar-refractivity contribution in [2.24, 2.45) is 5.73 Å². The van der Waals surface area contributed by atoms with Gasteiger partial charge in [-0.1, -0.05) is 23.7 Å². The van der Waals surface area contributed by atoms with Crippen LogP contribution in [-0.4, -0.2) is 25.6 Å². The Morgan fingerprint density at radius 1 is 1.24 bits per heavy atom. The van der Waals surface area contributed by atoms with Crippen molar-refractivity contribution in [1.29, 1.82) is 0 Å².